The van der Waals surface area contributed by atoms with E-state index >= 15 is 0 Å². The van der Waals surface area contributed by atoms with Crippen LogP contribution < -0.4 is 9.80 Å². The smallest absolute Gasteiger partial charge is 0.173 e. The van der Waals surface area contributed by atoms with Crippen molar-refractivity contribution in [3.63, 3.8) is 0 Å². The number of piperazine rings is 1. The lowest BCUT2D eigenvalue weighted by Crippen LogP contribution is -2.47. The number of aromatic nitrogens is 2. The quantitative estimate of drug-likeness (QED) is 0.797. The number of carbonyl (C=O) groups excluding carboxylic acids is 1. The Balaban J connectivity index is 1.68. The largest absolute Gasteiger partial charge is 0.368 e. The van der Waals surface area contributed by atoms with Gasteiger partial charge in [-0.15, -0.1) is 0 Å². The molecule has 2 heterocycles. The van der Waals surface area contributed by atoms with Crippen molar-refractivity contribution in [2.75, 3.05) is 36.0 Å². The van der Waals surface area contributed by atoms with E-state index in [2.05, 4.69) is 42.8 Å². The normalized spacial score (nSPS) is 15.6. The number of carbonyl (C=O) groups is 1. The van der Waals surface area contributed by atoms with Crippen molar-refractivity contribution in [3.8, 4) is 0 Å². The van der Waals surface area contributed by atoms with Crippen LogP contribution in [-0.2, 0) is 0 Å². The molecule has 0 saturated carbocycles. The minimum atomic E-state index is 0.457. The average molecular weight is 274 g/mol. The van der Waals surface area contributed by atoms with Gasteiger partial charge >= 0.3 is 0 Å². The fourth-order valence-corrected chi connectivity index (χ4v) is 2.84. The number of benzene rings is 1. The minimum absolute atomic E-state index is 0.457. The number of anilines is 2. The molecule has 1 aliphatic rings. The van der Waals surface area contributed by atoms with Gasteiger partial charge in [0.2, 0.25) is 0 Å². The fraction of sp³-hybridized carbons (Fsp3) is 0.308. The van der Waals surface area contributed by atoms with Crippen LogP contribution in [0.3, 0.4) is 0 Å². The van der Waals surface area contributed by atoms with Crippen molar-refractivity contribution < 1.29 is 4.79 Å². The highest BCUT2D eigenvalue weighted by molar-refractivity contribution is 6.99. The first-order chi connectivity index (χ1) is 9.38. The molecule has 1 fully saturated rings. The van der Waals surface area contributed by atoms with Crippen LogP contribution in [0, 0.1) is 0 Å². The van der Waals surface area contributed by atoms with Crippen molar-refractivity contribution in [1.82, 2.24) is 8.75 Å². The number of hydrogen-bond acceptors (Lipinski definition) is 6. The van der Waals surface area contributed by atoms with Crippen molar-refractivity contribution in [2.45, 2.75) is 0 Å². The van der Waals surface area contributed by atoms with E-state index in [-0.39, 0.29) is 0 Å². The van der Waals surface area contributed by atoms with Crippen molar-refractivity contribution in [3.05, 3.63) is 36.0 Å². The molecule has 0 spiro atoms. The van der Waals surface area contributed by atoms with Crippen LogP contribution >= 0.6 is 11.7 Å². The van der Waals surface area contributed by atoms with Gasteiger partial charge in [-0.25, -0.2) is 0 Å². The molecule has 1 aromatic heterocycles. The van der Waals surface area contributed by atoms with E-state index in [1.54, 1.807) is 0 Å². The molecule has 1 aliphatic heterocycles. The van der Waals surface area contributed by atoms with Gasteiger partial charge < -0.3 is 9.80 Å². The Hall–Kier alpha value is -1.95. The molecule has 2 aromatic rings. The summed E-state index contributed by atoms with van der Waals surface area (Å²) >= 11 is 1.10. The van der Waals surface area contributed by atoms with Crippen LogP contribution in [-0.4, -0.2) is 41.2 Å². The lowest BCUT2D eigenvalue weighted by Gasteiger charge is -2.36. The SMILES string of the molecule is O=Cc1nsnc1N1CCN(c2ccccc2)CC1. The summed E-state index contributed by atoms with van der Waals surface area (Å²) in [6, 6.07) is 10.4. The molecule has 0 unspecified atom stereocenters. The van der Waals surface area contributed by atoms with E-state index in [9.17, 15) is 4.79 Å². The number of nitrogens with zero attached hydrogens (tertiary/aromatic N) is 4. The lowest BCUT2D eigenvalue weighted by molar-refractivity contribution is 0.112. The van der Waals surface area contributed by atoms with E-state index < -0.39 is 0 Å². The van der Waals surface area contributed by atoms with Crippen molar-refractivity contribution in [1.29, 1.82) is 0 Å². The fourth-order valence-electron chi connectivity index (χ4n) is 2.30. The lowest BCUT2D eigenvalue weighted by atomic mass is 10.2. The van der Waals surface area contributed by atoms with Gasteiger partial charge in [-0.2, -0.15) is 8.75 Å². The summed E-state index contributed by atoms with van der Waals surface area (Å²) in [5.41, 5.74) is 1.70. The third kappa shape index (κ3) is 2.44. The van der Waals surface area contributed by atoms with Gasteiger partial charge in [0.1, 0.15) is 0 Å². The van der Waals surface area contributed by atoms with Crippen LogP contribution in [0.4, 0.5) is 11.5 Å². The molecule has 0 aliphatic carbocycles. The highest BCUT2D eigenvalue weighted by Crippen LogP contribution is 2.21. The summed E-state index contributed by atoms with van der Waals surface area (Å²) in [7, 11) is 0. The highest BCUT2D eigenvalue weighted by atomic mass is 32.1. The van der Waals surface area contributed by atoms with E-state index in [1.165, 1.54) is 5.69 Å². The second kappa shape index (κ2) is 5.36. The Kier molecular flexibility index (Phi) is 3.41. The molecule has 1 saturated heterocycles. The van der Waals surface area contributed by atoms with Gasteiger partial charge in [0, 0.05) is 31.9 Å². The maximum atomic E-state index is 10.9. The first-order valence-electron chi connectivity index (χ1n) is 6.21. The maximum absolute atomic E-state index is 10.9. The first-order valence-corrected chi connectivity index (χ1v) is 6.94. The first kappa shape index (κ1) is 12.1. The molecular weight excluding hydrogens is 260 g/mol. The Morgan fingerprint density at radius 3 is 2.37 bits per heavy atom. The minimum Gasteiger partial charge on any atom is -0.368 e. The zero-order valence-electron chi connectivity index (χ0n) is 10.4. The molecule has 3 rings (SSSR count). The topological polar surface area (TPSA) is 49.3 Å². The molecule has 0 amide bonds. The molecule has 0 atom stereocenters. The Morgan fingerprint density at radius 2 is 1.68 bits per heavy atom. The summed E-state index contributed by atoms with van der Waals surface area (Å²) < 4.78 is 8.21. The highest BCUT2D eigenvalue weighted by Gasteiger charge is 2.21. The van der Waals surface area contributed by atoms with Crippen LogP contribution in [0.15, 0.2) is 30.3 Å². The third-order valence-electron chi connectivity index (χ3n) is 3.31. The number of hydrogen-bond donors (Lipinski definition) is 0. The van der Waals surface area contributed by atoms with E-state index in [1.807, 2.05) is 6.07 Å². The molecule has 1 aromatic carbocycles. The van der Waals surface area contributed by atoms with Gasteiger partial charge in [0.15, 0.2) is 17.8 Å². The zero-order chi connectivity index (χ0) is 13.1. The van der Waals surface area contributed by atoms with Crippen LogP contribution in [0.5, 0.6) is 0 Å². The van der Waals surface area contributed by atoms with Crippen molar-refractivity contribution in [2.24, 2.45) is 0 Å². The molecular formula is C13H14N4OS. The maximum Gasteiger partial charge on any atom is 0.173 e. The third-order valence-corrected chi connectivity index (χ3v) is 3.84. The van der Waals surface area contributed by atoms with Crippen LogP contribution in [0.2, 0.25) is 0 Å². The number of aldehydes is 1. The van der Waals surface area contributed by atoms with Gasteiger partial charge in [-0.3, -0.25) is 4.79 Å². The summed E-state index contributed by atoms with van der Waals surface area (Å²) in [5, 5.41) is 0. The van der Waals surface area contributed by atoms with Gasteiger partial charge in [0.05, 0.1) is 11.7 Å². The van der Waals surface area contributed by atoms with E-state index in [4.69, 9.17) is 0 Å². The Labute approximate surface area is 115 Å². The molecule has 19 heavy (non-hydrogen) atoms. The Bertz CT molecular complexity index is 549. The molecule has 6 heteroatoms. The monoisotopic (exact) mass is 274 g/mol. The average Bonchev–Trinajstić information content (AvgIpc) is 2.97. The summed E-state index contributed by atoms with van der Waals surface area (Å²) in [6.45, 7) is 3.59. The molecule has 0 radical (unpaired) electrons. The summed E-state index contributed by atoms with van der Waals surface area (Å²) in [5.74, 6) is 0.729. The van der Waals surface area contributed by atoms with Crippen LogP contribution in [0.25, 0.3) is 0 Å². The standard InChI is InChI=1S/C13H14N4OS/c18-10-12-13(15-19-14-12)17-8-6-16(7-9-17)11-4-2-1-3-5-11/h1-5,10H,6-9H2. The number of para-hydroxylation sites is 1. The predicted octanol–water partition coefficient (Wildman–Crippen LogP) is 1.68. The zero-order valence-corrected chi connectivity index (χ0v) is 11.2. The van der Waals surface area contributed by atoms with E-state index in [0.29, 0.717) is 5.69 Å². The molecule has 5 nitrogen and oxygen atoms in total. The second-order valence-electron chi connectivity index (χ2n) is 4.40. The number of rotatable bonds is 3. The predicted molar refractivity (Wildman–Crippen MR) is 76.2 cm³/mol. The summed E-state index contributed by atoms with van der Waals surface area (Å²) in [4.78, 5) is 15.4. The Morgan fingerprint density at radius 1 is 1.00 bits per heavy atom. The molecule has 98 valence electrons. The van der Waals surface area contributed by atoms with Gasteiger partial charge in [-0.05, 0) is 12.1 Å². The molecule has 0 N–H and O–H groups in total. The van der Waals surface area contributed by atoms with Gasteiger partial charge in [-0.1, -0.05) is 18.2 Å². The van der Waals surface area contributed by atoms with E-state index in [0.717, 1.165) is 50.0 Å². The second-order valence-corrected chi connectivity index (χ2v) is 4.93. The van der Waals surface area contributed by atoms with Gasteiger partial charge in [0.25, 0.3) is 0 Å². The van der Waals surface area contributed by atoms with Crippen molar-refractivity contribution >= 4 is 29.5 Å². The molecule has 0 bridgehead atoms. The summed E-state index contributed by atoms with van der Waals surface area (Å²) in [6.07, 6.45) is 0.780. The van der Waals surface area contributed by atoms with Crippen LogP contribution in [0.1, 0.15) is 10.5 Å².